The zero-order valence-electron chi connectivity index (χ0n) is 11.1. The summed E-state index contributed by atoms with van der Waals surface area (Å²) < 4.78 is 0.835. The lowest BCUT2D eigenvalue weighted by atomic mass is 9.96. The number of benzene rings is 2. The first-order valence-electron chi connectivity index (χ1n) is 6.80. The van der Waals surface area contributed by atoms with Gasteiger partial charge in [-0.25, -0.2) is 0 Å². The monoisotopic (exact) mass is 329 g/mol. The third-order valence-corrected chi connectivity index (χ3v) is 4.64. The van der Waals surface area contributed by atoms with Gasteiger partial charge >= 0.3 is 0 Å². The van der Waals surface area contributed by atoms with Crippen molar-refractivity contribution in [3.63, 3.8) is 0 Å². The van der Waals surface area contributed by atoms with Crippen LogP contribution in [0.25, 0.3) is 0 Å². The van der Waals surface area contributed by atoms with Gasteiger partial charge in [0.15, 0.2) is 0 Å². The molecule has 2 aromatic rings. The van der Waals surface area contributed by atoms with Crippen LogP contribution >= 0.6 is 15.9 Å². The summed E-state index contributed by atoms with van der Waals surface area (Å²) in [6, 6.07) is 18.0. The molecule has 1 saturated carbocycles. The fourth-order valence-corrected chi connectivity index (χ4v) is 2.96. The molecule has 0 unspecified atom stereocenters. The summed E-state index contributed by atoms with van der Waals surface area (Å²) in [6.45, 7) is 0.706. The molecule has 2 aromatic carbocycles. The summed E-state index contributed by atoms with van der Waals surface area (Å²) in [5.41, 5.74) is 2.17. The lowest BCUT2D eigenvalue weighted by Crippen LogP contribution is -2.32. The van der Waals surface area contributed by atoms with E-state index in [0.29, 0.717) is 12.1 Å². The standard InChI is InChI=1S/C17H16BrNO/c18-15-9-5-4-8-14(15)16(20)19-12-17(10-11-17)13-6-2-1-3-7-13/h1-9H,10-12H2,(H,19,20). The molecule has 0 radical (unpaired) electrons. The van der Waals surface area contributed by atoms with Crippen molar-refractivity contribution in [3.05, 3.63) is 70.2 Å². The van der Waals surface area contributed by atoms with Crippen LogP contribution in [0.3, 0.4) is 0 Å². The Balaban J connectivity index is 1.69. The Bertz CT molecular complexity index is 620. The lowest BCUT2D eigenvalue weighted by molar-refractivity contribution is 0.0949. The average Bonchev–Trinajstić information content (AvgIpc) is 3.27. The smallest absolute Gasteiger partial charge is 0.252 e. The quantitative estimate of drug-likeness (QED) is 0.905. The second-order valence-electron chi connectivity index (χ2n) is 5.31. The van der Waals surface area contributed by atoms with E-state index in [9.17, 15) is 4.79 Å². The summed E-state index contributed by atoms with van der Waals surface area (Å²) in [5.74, 6) is -0.0142. The number of rotatable bonds is 4. The first kappa shape index (κ1) is 13.4. The molecule has 0 aromatic heterocycles. The Hall–Kier alpha value is -1.61. The summed E-state index contributed by atoms with van der Waals surface area (Å²) in [6.07, 6.45) is 2.29. The van der Waals surface area contributed by atoms with Crippen LogP contribution in [-0.2, 0) is 5.41 Å². The zero-order valence-corrected chi connectivity index (χ0v) is 12.7. The molecule has 102 valence electrons. The van der Waals surface area contributed by atoms with Gasteiger partial charge in [0.25, 0.3) is 5.91 Å². The molecular formula is C17H16BrNO. The van der Waals surface area contributed by atoms with Crippen molar-refractivity contribution in [2.24, 2.45) is 0 Å². The van der Waals surface area contributed by atoms with E-state index in [2.05, 4.69) is 45.5 Å². The summed E-state index contributed by atoms with van der Waals surface area (Å²) in [4.78, 5) is 12.2. The van der Waals surface area contributed by atoms with Crippen LogP contribution in [0.2, 0.25) is 0 Å². The van der Waals surface area contributed by atoms with Crippen molar-refractivity contribution in [2.75, 3.05) is 6.54 Å². The molecule has 0 aliphatic heterocycles. The van der Waals surface area contributed by atoms with E-state index in [1.807, 2.05) is 30.3 Å². The second kappa shape index (κ2) is 5.41. The van der Waals surface area contributed by atoms with E-state index >= 15 is 0 Å². The predicted molar refractivity (Wildman–Crippen MR) is 83.8 cm³/mol. The molecule has 3 heteroatoms. The number of nitrogens with one attached hydrogen (secondary N) is 1. The maximum Gasteiger partial charge on any atom is 0.252 e. The highest BCUT2D eigenvalue weighted by molar-refractivity contribution is 9.10. The van der Waals surface area contributed by atoms with E-state index < -0.39 is 0 Å². The van der Waals surface area contributed by atoms with Gasteiger partial charge in [-0.3, -0.25) is 4.79 Å². The molecule has 2 nitrogen and oxygen atoms in total. The minimum Gasteiger partial charge on any atom is -0.351 e. The molecule has 0 saturated heterocycles. The molecule has 1 N–H and O–H groups in total. The topological polar surface area (TPSA) is 29.1 Å². The molecule has 0 spiro atoms. The maximum atomic E-state index is 12.2. The van der Waals surface area contributed by atoms with Crippen LogP contribution in [0.1, 0.15) is 28.8 Å². The van der Waals surface area contributed by atoms with Gasteiger partial charge in [0.05, 0.1) is 5.56 Å². The van der Waals surface area contributed by atoms with Gasteiger partial charge < -0.3 is 5.32 Å². The minimum atomic E-state index is -0.0142. The molecule has 1 aliphatic rings. The zero-order chi connectivity index (χ0) is 14.0. The van der Waals surface area contributed by atoms with Gasteiger partial charge in [0.1, 0.15) is 0 Å². The normalized spacial score (nSPS) is 15.7. The van der Waals surface area contributed by atoms with Crippen LogP contribution in [0.15, 0.2) is 59.1 Å². The van der Waals surface area contributed by atoms with E-state index in [4.69, 9.17) is 0 Å². The summed E-state index contributed by atoms with van der Waals surface area (Å²) in [7, 11) is 0. The molecule has 1 amide bonds. The summed E-state index contributed by atoms with van der Waals surface area (Å²) >= 11 is 3.42. The van der Waals surface area contributed by atoms with Gasteiger partial charge in [-0.15, -0.1) is 0 Å². The van der Waals surface area contributed by atoms with Gasteiger partial charge in [0, 0.05) is 16.4 Å². The Labute approximate surface area is 127 Å². The number of amides is 1. The van der Waals surface area contributed by atoms with Gasteiger partial charge in [-0.05, 0) is 46.5 Å². The van der Waals surface area contributed by atoms with Crippen LogP contribution in [0.5, 0.6) is 0 Å². The van der Waals surface area contributed by atoms with Crippen molar-refractivity contribution in [2.45, 2.75) is 18.3 Å². The Morgan fingerprint density at radius 1 is 1.05 bits per heavy atom. The van der Waals surface area contributed by atoms with E-state index in [1.54, 1.807) is 0 Å². The molecular weight excluding hydrogens is 314 g/mol. The number of halogens is 1. The molecule has 1 fully saturated rings. The van der Waals surface area contributed by atoms with Gasteiger partial charge in [-0.1, -0.05) is 42.5 Å². The van der Waals surface area contributed by atoms with E-state index in [1.165, 1.54) is 5.56 Å². The summed E-state index contributed by atoms with van der Waals surface area (Å²) in [5, 5.41) is 3.07. The van der Waals surface area contributed by atoms with Gasteiger partial charge in [-0.2, -0.15) is 0 Å². The molecule has 1 aliphatic carbocycles. The van der Waals surface area contributed by atoms with Crippen LogP contribution in [-0.4, -0.2) is 12.5 Å². The van der Waals surface area contributed by atoms with Crippen molar-refractivity contribution in [3.8, 4) is 0 Å². The molecule has 0 bridgehead atoms. The van der Waals surface area contributed by atoms with Crippen LogP contribution < -0.4 is 5.32 Å². The largest absolute Gasteiger partial charge is 0.351 e. The second-order valence-corrected chi connectivity index (χ2v) is 6.16. The highest BCUT2D eigenvalue weighted by atomic mass is 79.9. The fraction of sp³-hybridized carbons (Fsp3) is 0.235. The van der Waals surface area contributed by atoms with Crippen LogP contribution in [0.4, 0.5) is 0 Å². The highest BCUT2D eigenvalue weighted by Crippen LogP contribution is 2.47. The number of hydrogen-bond acceptors (Lipinski definition) is 1. The lowest BCUT2D eigenvalue weighted by Gasteiger charge is -2.17. The minimum absolute atomic E-state index is 0.0142. The SMILES string of the molecule is O=C(NCC1(c2ccccc2)CC1)c1ccccc1Br. The molecule has 3 rings (SSSR count). The number of carbonyl (C=O) groups excluding carboxylic acids is 1. The van der Waals surface area contributed by atoms with Crippen molar-refractivity contribution >= 4 is 21.8 Å². The average molecular weight is 330 g/mol. The number of hydrogen-bond donors (Lipinski definition) is 1. The van der Waals surface area contributed by atoms with E-state index in [0.717, 1.165) is 17.3 Å². The Morgan fingerprint density at radius 3 is 2.35 bits per heavy atom. The number of carbonyl (C=O) groups is 1. The molecule has 0 atom stereocenters. The third kappa shape index (κ3) is 2.63. The van der Waals surface area contributed by atoms with Crippen molar-refractivity contribution < 1.29 is 4.79 Å². The Kier molecular flexibility index (Phi) is 3.62. The van der Waals surface area contributed by atoms with Gasteiger partial charge in [0.2, 0.25) is 0 Å². The van der Waals surface area contributed by atoms with Crippen molar-refractivity contribution in [1.29, 1.82) is 0 Å². The van der Waals surface area contributed by atoms with E-state index in [-0.39, 0.29) is 11.3 Å². The fourth-order valence-electron chi connectivity index (χ4n) is 2.50. The first-order valence-corrected chi connectivity index (χ1v) is 7.59. The molecule has 20 heavy (non-hydrogen) atoms. The Morgan fingerprint density at radius 2 is 1.70 bits per heavy atom. The predicted octanol–water partition coefficient (Wildman–Crippen LogP) is 3.91. The maximum absolute atomic E-state index is 12.2. The highest BCUT2D eigenvalue weighted by Gasteiger charge is 2.44. The van der Waals surface area contributed by atoms with Crippen LogP contribution in [0, 0.1) is 0 Å². The third-order valence-electron chi connectivity index (χ3n) is 3.95. The van der Waals surface area contributed by atoms with Crippen molar-refractivity contribution in [1.82, 2.24) is 5.32 Å². The molecule has 0 heterocycles. The first-order chi connectivity index (χ1) is 9.71.